The summed E-state index contributed by atoms with van der Waals surface area (Å²) in [5, 5.41) is 8.52. The molecule has 6 nitrogen and oxygen atoms in total. The van der Waals surface area contributed by atoms with Crippen molar-refractivity contribution in [2.45, 2.75) is 0 Å². The summed E-state index contributed by atoms with van der Waals surface area (Å²) in [5.74, 6) is -0.473. The summed E-state index contributed by atoms with van der Waals surface area (Å²) in [6, 6.07) is 5.48. The number of rotatable bonds is 2. The molecule has 3 aromatic rings. The molecule has 3 rings (SSSR count). The number of hydrogen-bond acceptors (Lipinski definition) is 3. The van der Waals surface area contributed by atoms with E-state index in [1.54, 1.807) is 29.3 Å². The Morgan fingerprint density at radius 2 is 2.29 bits per heavy atom. The first-order chi connectivity index (χ1) is 8.25. The highest BCUT2D eigenvalue weighted by Gasteiger charge is 2.10. The van der Waals surface area contributed by atoms with E-state index in [0.717, 1.165) is 16.6 Å². The van der Waals surface area contributed by atoms with E-state index in [-0.39, 0.29) is 0 Å². The molecule has 2 heterocycles. The van der Waals surface area contributed by atoms with Crippen molar-refractivity contribution in [1.82, 2.24) is 20.0 Å². The molecule has 0 saturated heterocycles. The summed E-state index contributed by atoms with van der Waals surface area (Å²) < 4.78 is 1.58. The zero-order chi connectivity index (χ0) is 11.8. The largest absolute Gasteiger partial charge is 0.366 e. The van der Waals surface area contributed by atoms with Gasteiger partial charge in [0.2, 0.25) is 0 Å². The number of H-pyrrole nitrogens is 1. The lowest BCUT2D eigenvalue weighted by Gasteiger charge is -2.04. The van der Waals surface area contributed by atoms with Gasteiger partial charge in [0, 0.05) is 11.6 Å². The first kappa shape index (κ1) is 9.59. The van der Waals surface area contributed by atoms with Crippen molar-refractivity contribution in [3.63, 3.8) is 0 Å². The van der Waals surface area contributed by atoms with Crippen molar-refractivity contribution >= 4 is 16.8 Å². The standard InChI is InChI=1S/C11H9N5O/c12-11(17)9-6-8(16-4-3-14-15-16)5-7-1-2-13-10(7)9/h1-6,13H,(H2,12,17). The molecule has 0 unspecified atom stereocenters. The highest BCUT2D eigenvalue weighted by molar-refractivity contribution is 6.05. The SMILES string of the molecule is NC(=O)c1cc(-n2ccnn2)cc2cc[nH]c12. The fourth-order valence-corrected chi connectivity index (χ4v) is 1.83. The van der Waals surface area contributed by atoms with Crippen molar-refractivity contribution < 1.29 is 4.79 Å². The smallest absolute Gasteiger partial charge is 0.250 e. The van der Waals surface area contributed by atoms with Crippen LogP contribution in [0.4, 0.5) is 0 Å². The number of amides is 1. The molecular weight excluding hydrogens is 218 g/mol. The molecule has 0 bridgehead atoms. The van der Waals surface area contributed by atoms with Gasteiger partial charge < -0.3 is 10.7 Å². The van der Waals surface area contributed by atoms with Crippen LogP contribution in [0.3, 0.4) is 0 Å². The second-order valence-corrected chi connectivity index (χ2v) is 3.65. The van der Waals surface area contributed by atoms with Gasteiger partial charge in [-0.25, -0.2) is 4.68 Å². The van der Waals surface area contributed by atoms with Crippen LogP contribution in [-0.2, 0) is 0 Å². The summed E-state index contributed by atoms with van der Waals surface area (Å²) in [7, 11) is 0. The summed E-state index contributed by atoms with van der Waals surface area (Å²) in [5.41, 5.74) is 7.29. The lowest BCUT2D eigenvalue weighted by atomic mass is 10.1. The Morgan fingerprint density at radius 3 is 3.00 bits per heavy atom. The maximum atomic E-state index is 11.4. The highest BCUT2D eigenvalue weighted by Crippen LogP contribution is 2.21. The average Bonchev–Trinajstić information content (AvgIpc) is 2.98. The number of carbonyl (C=O) groups is 1. The van der Waals surface area contributed by atoms with Crippen LogP contribution in [0.1, 0.15) is 10.4 Å². The Balaban J connectivity index is 2.31. The fraction of sp³-hybridized carbons (Fsp3) is 0. The molecule has 17 heavy (non-hydrogen) atoms. The molecule has 1 amide bonds. The fourth-order valence-electron chi connectivity index (χ4n) is 1.83. The number of primary amides is 1. The van der Waals surface area contributed by atoms with Crippen LogP contribution in [0.25, 0.3) is 16.6 Å². The van der Waals surface area contributed by atoms with Gasteiger partial charge in [-0.3, -0.25) is 4.79 Å². The van der Waals surface area contributed by atoms with E-state index in [9.17, 15) is 4.79 Å². The van der Waals surface area contributed by atoms with E-state index in [0.29, 0.717) is 5.56 Å². The molecular formula is C11H9N5O. The van der Waals surface area contributed by atoms with Gasteiger partial charge >= 0.3 is 0 Å². The second kappa shape index (κ2) is 3.44. The first-order valence-electron chi connectivity index (χ1n) is 5.03. The number of hydrogen-bond donors (Lipinski definition) is 2. The predicted molar refractivity (Wildman–Crippen MR) is 61.7 cm³/mol. The van der Waals surface area contributed by atoms with E-state index >= 15 is 0 Å². The molecule has 84 valence electrons. The first-order valence-corrected chi connectivity index (χ1v) is 5.03. The average molecular weight is 227 g/mol. The highest BCUT2D eigenvalue weighted by atomic mass is 16.1. The third kappa shape index (κ3) is 1.46. The summed E-state index contributed by atoms with van der Waals surface area (Å²) in [6.07, 6.45) is 5.05. The number of aromatic amines is 1. The molecule has 1 aromatic carbocycles. The van der Waals surface area contributed by atoms with Gasteiger partial charge in [0.15, 0.2) is 0 Å². The Hall–Kier alpha value is -2.63. The molecule has 0 aliphatic carbocycles. The number of nitrogens with two attached hydrogens (primary N) is 1. The van der Waals surface area contributed by atoms with Crippen LogP contribution in [0.5, 0.6) is 0 Å². The van der Waals surface area contributed by atoms with E-state index in [1.165, 1.54) is 0 Å². The molecule has 6 heteroatoms. The molecule has 0 atom stereocenters. The number of carbonyl (C=O) groups excluding carboxylic acids is 1. The van der Waals surface area contributed by atoms with Crippen LogP contribution < -0.4 is 5.73 Å². The monoisotopic (exact) mass is 227 g/mol. The second-order valence-electron chi connectivity index (χ2n) is 3.65. The minimum atomic E-state index is -0.473. The maximum Gasteiger partial charge on any atom is 0.250 e. The molecule has 0 fully saturated rings. The summed E-state index contributed by atoms with van der Waals surface area (Å²) in [4.78, 5) is 14.4. The van der Waals surface area contributed by atoms with Crippen LogP contribution in [0.15, 0.2) is 36.8 Å². The Labute approximate surface area is 96.0 Å². The maximum absolute atomic E-state index is 11.4. The normalized spacial score (nSPS) is 10.8. The Morgan fingerprint density at radius 1 is 1.41 bits per heavy atom. The van der Waals surface area contributed by atoms with Crippen molar-refractivity contribution in [3.8, 4) is 5.69 Å². The van der Waals surface area contributed by atoms with Gasteiger partial charge in [-0.1, -0.05) is 5.21 Å². The predicted octanol–water partition coefficient (Wildman–Crippen LogP) is 0.847. The summed E-state index contributed by atoms with van der Waals surface area (Å²) >= 11 is 0. The van der Waals surface area contributed by atoms with E-state index < -0.39 is 5.91 Å². The van der Waals surface area contributed by atoms with Gasteiger partial charge in [0.1, 0.15) is 0 Å². The van der Waals surface area contributed by atoms with Crippen LogP contribution in [0.2, 0.25) is 0 Å². The topological polar surface area (TPSA) is 89.6 Å². The van der Waals surface area contributed by atoms with E-state index in [4.69, 9.17) is 5.73 Å². The minimum absolute atomic E-state index is 0.443. The van der Waals surface area contributed by atoms with Gasteiger partial charge in [-0.05, 0) is 18.2 Å². The van der Waals surface area contributed by atoms with Crippen molar-refractivity contribution in [2.75, 3.05) is 0 Å². The van der Waals surface area contributed by atoms with Crippen molar-refractivity contribution in [3.05, 3.63) is 42.4 Å². The lowest BCUT2D eigenvalue weighted by molar-refractivity contribution is 0.100. The number of nitrogens with one attached hydrogen (secondary N) is 1. The Kier molecular flexibility index (Phi) is 1.94. The summed E-state index contributed by atoms with van der Waals surface area (Å²) in [6.45, 7) is 0. The van der Waals surface area contributed by atoms with Gasteiger partial charge in [0.25, 0.3) is 5.91 Å². The quantitative estimate of drug-likeness (QED) is 0.680. The number of aromatic nitrogens is 4. The van der Waals surface area contributed by atoms with Crippen molar-refractivity contribution in [2.24, 2.45) is 5.73 Å². The zero-order valence-corrected chi connectivity index (χ0v) is 8.79. The molecule has 0 saturated carbocycles. The van der Waals surface area contributed by atoms with E-state index in [1.807, 2.05) is 12.1 Å². The number of fused-ring (bicyclic) bond motifs is 1. The minimum Gasteiger partial charge on any atom is -0.366 e. The molecule has 0 spiro atoms. The van der Waals surface area contributed by atoms with Gasteiger partial charge in [-0.2, -0.15) is 0 Å². The van der Waals surface area contributed by atoms with Crippen LogP contribution >= 0.6 is 0 Å². The third-order valence-corrected chi connectivity index (χ3v) is 2.60. The molecule has 0 aliphatic heterocycles. The zero-order valence-electron chi connectivity index (χ0n) is 8.79. The molecule has 2 aromatic heterocycles. The Bertz CT molecular complexity index is 683. The number of nitrogens with zero attached hydrogens (tertiary/aromatic N) is 3. The molecule has 0 radical (unpaired) electrons. The van der Waals surface area contributed by atoms with Crippen LogP contribution in [-0.4, -0.2) is 25.9 Å². The molecule has 3 N–H and O–H groups in total. The lowest BCUT2D eigenvalue weighted by Crippen LogP contribution is -2.12. The van der Waals surface area contributed by atoms with E-state index in [2.05, 4.69) is 15.3 Å². The van der Waals surface area contributed by atoms with Crippen LogP contribution in [0, 0.1) is 0 Å². The third-order valence-electron chi connectivity index (χ3n) is 2.60. The molecule has 0 aliphatic rings. The number of benzene rings is 1. The van der Waals surface area contributed by atoms with Gasteiger partial charge in [0.05, 0.1) is 29.2 Å². The van der Waals surface area contributed by atoms with Crippen molar-refractivity contribution in [1.29, 1.82) is 0 Å². The van der Waals surface area contributed by atoms with Gasteiger partial charge in [-0.15, -0.1) is 5.10 Å².